The van der Waals surface area contributed by atoms with Crippen LogP contribution in [-0.2, 0) is 6.42 Å². The lowest BCUT2D eigenvalue weighted by molar-refractivity contribution is 0.550. The van der Waals surface area contributed by atoms with Crippen molar-refractivity contribution in [3.8, 4) is 0 Å². The molecule has 1 nitrogen and oxygen atoms in total. The van der Waals surface area contributed by atoms with Gasteiger partial charge in [0.2, 0.25) is 0 Å². The summed E-state index contributed by atoms with van der Waals surface area (Å²) in [6.07, 6.45) is 2.19. The summed E-state index contributed by atoms with van der Waals surface area (Å²) in [7, 11) is 0. The van der Waals surface area contributed by atoms with Crippen LogP contribution in [0.5, 0.6) is 0 Å². The summed E-state index contributed by atoms with van der Waals surface area (Å²) >= 11 is 3.37. The normalized spacial score (nSPS) is 12.4. The van der Waals surface area contributed by atoms with E-state index in [-0.39, 0.29) is 0 Å². The standard InChI is InChI=1S/C14H20BrN/c1-4-12-6-8-13(9-7-12)14(5-2)16-10-11(3)15/h6-9,14,16H,3-5,10H2,1-2H3. The third kappa shape index (κ3) is 4.11. The van der Waals surface area contributed by atoms with Crippen LogP contribution < -0.4 is 5.32 Å². The zero-order valence-corrected chi connectivity index (χ0v) is 11.7. The Kier molecular flexibility index (Phi) is 5.78. The number of nitrogens with one attached hydrogen (secondary N) is 1. The van der Waals surface area contributed by atoms with E-state index in [2.05, 4.69) is 65.9 Å². The molecule has 1 atom stereocenters. The second kappa shape index (κ2) is 6.87. The van der Waals surface area contributed by atoms with Crippen molar-refractivity contribution in [2.24, 2.45) is 0 Å². The minimum Gasteiger partial charge on any atom is -0.305 e. The van der Waals surface area contributed by atoms with E-state index in [1.165, 1.54) is 11.1 Å². The topological polar surface area (TPSA) is 12.0 Å². The quantitative estimate of drug-likeness (QED) is 0.824. The van der Waals surface area contributed by atoms with Gasteiger partial charge in [-0.15, -0.1) is 0 Å². The largest absolute Gasteiger partial charge is 0.305 e. The molecule has 1 rings (SSSR count). The van der Waals surface area contributed by atoms with Crippen LogP contribution in [0.3, 0.4) is 0 Å². The van der Waals surface area contributed by atoms with Gasteiger partial charge < -0.3 is 5.32 Å². The van der Waals surface area contributed by atoms with Crippen LogP contribution in [0, 0.1) is 0 Å². The lowest BCUT2D eigenvalue weighted by atomic mass is 10.0. The molecular formula is C14H20BrN. The SMILES string of the molecule is C=C(Br)CNC(CC)c1ccc(CC)cc1. The van der Waals surface area contributed by atoms with Crippen LogP contribution >= 0.6 is 15.9 Å². The molecule has 16 heavy (non-hydrogen) atoms. The van der Waals surface area contributed by atoms with Gasteiger partial charge in [-0.3, -0.25) is 0 Å². The summed E-state index contributed by atoms with van der Waals surface area (Å²) in [5.41, 5.74) is 2.75. The third-order valence-electron chi connectivity index (χ3n) is 2.74. The van der Waals surface area contributed by atoms with Crippen molar-refractivity contribution in [1.82, 2.24) is 5.32 Å². The highest BCUT2D eigenvalue weighted by atomic mass is 79.9. The van der Waals surface area contributed by atoms with Crippen LogP contribution in [-0.4, -0.2) is 6.54 Å². The van der Waals surface area contributed by atoms with E-state index in [1.807, 2.05) is 0 Å². The predicted molar refractivity (Wildman–Crippen MR) is 74.9 cm³/mol. The van der Waals surface area contributed by atoms with Crippen molar-refractivity contribution < 1.29 is 0 Å². The molecular weight excluding hydrogens is 262 g/mol. The molecule has 1 unspecified atom stereocenters. The Morgan fingerprint density at radius 2 is 1.94 bits per heavy atom. The fraction of sp³-hybridized carbons (Fsp3) is 0.429. The molecule has 1 aromatic rings. The van der Waals surface area contributed by atoms with Crippen molar-refractivity contribution in [2.75, 3.05) is 6.54 Å². The van der Waals surface area contributed by atoms with Crippen molar-refractivity contribution in [2.45, 2.75) is 32.7 Å². The maximum atomic E-state index is 3.84. The van der Waals surface area contributed by atoms with Gasteiger partial charge in [0, 0.05) is 17.1 Å². The zero-order valence-electron chi connectivity index (χ0n) is 10.1. The maximum absolute atomic E-state index is 3.84. The van der Waals surface area contributed by atoms with Crippen LogP contribution in [0.1, 0.15) is 37.4 Å². The third-order valence-corrected chi connectivity index (χ3v) is 3.02. The second-order valence-corrected chi connectivity index (χ2v) is 5.08. The van der Waals surface area contributed by atoms with Crippen molar-refractivity contribution in [1.29, 1.82) is 0 Å². The highest BCUT2D eigenvalue weighted by molar-refractivity contribution is 9.11. The molecule has 0 aliphatic carbocycles. The fourth-order valence-corrected chi connectivity index (χ4v) is 1.88. The molecule has 0 spiro atoms. The van der Waals surface area contributed by atoms with E-state index >= 15 is 0 Å². The minimum atomic E-state index is 0.417. The molecule has 0 aromatic heterocycles. The number of hydrogen-bond acceptors (Lipinski definition) is 1. The number of aryl methyl sites for hydroxylation is 1. The summed E-state index contributed by atoms with van der Waals surface area (Å²) in [5.74, 6) is 0. The van der Waals surface area contributed by atoms with E-state index in [0.717, 1.165) is 23.9 Å². The van der Waals surface area contributed by atoms with Gasteiger partial charge in [-0.05, 0) is 24.0 Å². The Hall–Kier alpha value is -0.600. The van der Waals surface area contributed by atoms with E-state index < -0.39 is 0 Å². The molecule has 0 heterocycles. The Labute approximate surface area is 107 Å². The molecule has 2 heteroatoms. The lowest BCUT2D eigenvalue weighted by Crippen LogP contribution is -2.21. The summed E-state index contributed by atoms with van der Waals surface area (Å²) in [5, 5.41) is 3.48. The number of halogens is 1. The van der Waals surface area contributed by atoms with Crippen molar-refractivity contribution in [3.63, 3.8) is 0 Å². The fourth-order valence-electron chi connectivity index (χ4n) is 1.72. The highest BCUT2D eigenvalue weighted by Gasteiger charge is 2.07. The molecule has 0 radical (unpaired) electrons. The molecule has 0 aliphatic heterocycles. The van der Waals surface area contributed by atoms with Crippen LogP contribution in [0.2, 0.25) is 0 Å². The predicted octanol–water partition coefficient (Wildman–Crippen LogP) is 4.20. The molecule has 0 fully saturated rings. The average molecular weight is 282 g/mol. The van der Waals surface area contributed by atoms with Crippen LogP contribution in [0.4, 0.5) is 0 Å². The van der Waals surface area contributed by atoms with Gasteiger partial charge in [-0.25, -0.2) is 0 Å². The molecule has 1 aromatic carbocycles. The van der Waals surface area contributed by atoms with Crippen LogP contribution in [0.25, 0.3) is 0 Å². The number of rotatable bonds is 6. The van der Waals surface area contributed by atoms with Crippen molar-refractivity contribution in [3.05, 3.63) is 46.5 Å². The van der Waals surface area contributed by atoms with Gasteiger partial charge in [0.1, 0.15) is 0 Å². The highest BCUT2D eigenvalue weighted by Crippen LogP contribution is 2.18. The molecule has 0 amide bonds. The number of hydrogen-bond donors (Lipinski definition) is 1. The first-order chi connectivity index (χ1) is 7.67. The Bertz CT molecular complexity index is 329. The minimum absolute atomic E-state index is 0.417. The maximum Gasteiger partial charge on any atom is 0.0320 e. The van der Waals surface area contributed by atoms with Crippen LogP contribution in [0.15, 0.2) is 35.3 Å². The molecule has 0 saturated heterocycles. The molecule has 0 saturated carbocycles. The Balaban J connectivity index is 2.66. The molecule has 88 valence electrons. The summed E-state index contributed by atoms with van der Waals surface area (Å²) in [6.45, 7) is 9.03. The number of benzene rings is 1. The Morgan fingerprint density at radius 1 is 1.31 bits per heavy atom. The van der Waals surface area contributed by atoms with Gasteiger partial charge in [-0.1, -0.05) is 60.6 Å². The summed E-state index contributed by atoms with van der Waals surface area (Å²) in [6, 6.07) is 9.28. The Morgan fingerprint density at radius 3 is 2.38 bits per heavy atom. The van der Waals surface area contributed by atoms with Gasteiger partial charge in [0.15, 0.2) is 0 Å². The first-order valence-corrected chi connectivity index (χ1v) is 6.62. The van der Waals surface area contributed by atoms with E-state index in [0.29, 0.717) is 6.04 Å². The van der Waals surface area contributed by atoms with Gasteiger partial charge >= 0.3 is 0 Å². The van der Waals surface area contributed by atoms with E-state index in [4.69, 9.17) is 0 Å². The lowest BCUT2D eigenvalue weighted by Gasteiger charge is -2.17. The monoisotopic (exact) mass is 281 g/mol. The van der Waals surface area contributed by atoms with Gasteiger partial charge in [-0.2, -0.15) is 0 Å². The van der Waals surface area contributed by atoms with E-state index in [9.17, 15) is 0 Å². The van der Waals surface area contributed by atoms with Gasteiger partial charge in [0.05, 0.1) is 0 Å². The molecule has 1 N–H and O–H groups in total. The first-order valence-electron chi connectivity index (χ1n) is 5.82. The van der Waals surface area contributed by atoms with Gasteiger partial charge in [0.25, 0.3) is 0 Å². The summed E-state index contributed by atoms with van der Waals surface area (Å²) in [4.78, 5) is 0. The molecule has 0 bridgehead atoms. The smallest absolute Gasteiger partial charge is 0.0320 e. The zero-order chi connectivity index (χ0) is 12.0. The van der Waals surface area contributed by atoms with Crippen molar-refractivity contribution >= 4 is 15.9 Å². The second-order valence-electron chi connectivity index (χ2n) is 3.95. The first kappa shape index (κ1) is 13.5. The van der Waals surface area contributed by atoms with E-state index in [1.54, 1.807) is 0 Å². The average Bonchev–Trinajstić information content (AvgIpc) is 2.30. The molecule has 0 aliphatic rings. The summed E-state index contributed by atoms with van der Waals surface area (Å²) < 4.78 is 0.996.